The van der Waals surface area contributed by atoms with Crippen LogP contribution in [0.2, 0.25) is 0 Å². The molecule has 0 bridgehead atoms. The highest BCUT2D eigenvalue weighted by Crippen LogP contribution is 2.24. The first kappa shape index (κ1) is 14.5. The lowest BCUT2D eigenvalue weighted by molar-refractivity contribution is 0.103. The number of rotatable bonds is 2. The Hall–Kier alpha value is -0.930. The fraction of sp³-hybridized carbons (Fsp3) is 0.188. The lowest BCUT2D eigenvalue weighted by atomic mass is 9.96. The standard InChI is InChI=1S/C16H14Br2O/c1-9-8-15(18)11(3)7-13(9)16(19)12-4-5-14(17)10(2)6-12/h4-8H,1-3H3. The summed E-state index contributed by atoms with van der Waals surface area (Å²) in [6.45, 7) is 5.94. The monoisotopic (exact) mass is 380 g/mol. The zero-order valence-corrected chi connectivity index (χ0v) is 14.2. The summed E-state index contributed by atoms with van der Waals surface area (Å²) in [6.07, 6.45) is 0. The molecule has 0 unspecified atom stereocenters. The first-order chi connectivity index (χ1) is 8.90. The molecule has 0 saturated carbocycles. The van der Waals surface area contributed by atoms with Gasteiger partial charge >= 0.3 is 0 Å². The summed E-state index contributed by atoms with van der Waals surface area (Å²) < 4.78 is 2.06. The molecule has 19 heavy (non-hydrogen) atoms. The summed E-state index contributed by atoms with van der Waals surface area (Å²) in [5, 5.41) is 0. The first-order valence-corrected chi connectivity index (χ1v) is 7.56. The third kappa shape index (κ3) is 2.98. The summed E-state index contributed by atoms with van der Waals surface area (Å²) >= 11 is 6.94. The molecule has 0 aliphatic carbocycles. The average Bonchev–Trinajstić information content (AvgIpc) is 2.36. The molecule has 2 rings (SSSR count). The second-order valence-corrected chi connectivity index (χ2v) is 6.42. The van der Waals surface area contributed by atoms with Crippen molar-refractivity contribution in [2.45, 2.75) is 20.8 Å². The molecule has 0 amide bonds. The Morgan fingerprint density at radius 2 is 1.47 bits per heavy atom. The zero-order chi connectivity index (χ0) is 14.2. The molecule has 3 heteroatoms. The summed E-state index contributed by atoms with van der Waals surface area (Å²) in [4.78, 5) is 12.6. The second kappa shape index (κ2) is 5.59. The van der Waals surface area contributed by atoms with Gasteiger partial charge in [-0.1, -0.05) is 31.9 Å². The van der Waals surface area contributed by atoms with Gasteiger partial charge in [0.2, 0.25) is 0 Å². The largest absolute Gasteiger partial charge is 0.289 e. The third-order valence-corrected chi connectivity index (χ3v) is 4.91. The molecule has 0 radical (unpaired) electrons. The molecule has 0 aromatic heterocycles. The summed E-state index contributed by atoms with van der Waals surface area (Å²) in [7, 11) is 0. The number of halogens is 2. The molecule has 1 nitrogen and oxygen atoms in total. The number of aryl methyl sites for hydroxylation is 3. The SMILES string of the molecule is Cc1cc(C(=O)c2cc(C)c(Br)cc2C)ccc1Br. The van der Waals surface area contributed by atoms with Crippen molar-refractivity contribution in [2.24, 2.45) is 0 Å². The van der Waals surface area contributed by atoms with Gasteiger partial charge in [-0.3, -0.25) is 4.79 Å². The van der Waals surface area contributed by atoms with Gasteiger partial charge in [0, 0.05) is 20.1 Å². The molecule has 0 fully saturated rings. The van der Waals surface area contributed by atoms with Crippen LogP contribution in [0.3, 0.4) is 0 Å². The van der Waals surface area contributed by atoms with E-state index in [0.29, 0.717) is 0 Å². The molecule has 0 aliphatic rings. The predicted octanol–water partition coefficient (Wildman–Crippen LogP) is 5.37. The second-order valence-electron chi connectivity index (χ2n) is 4.71. The molecule has 2 aromatic rings. The van der Waals surface area contributed by atoms with Crippen LogP contribution in [0, 0.1) is 20.8 Å². The fourth-order valence-corrected chi connectivity index (χ4v) is 2.67. The van der Waals surface area contributed by atoms with E-state index in [-0.39, 0.29) is 5.78 Å². The predicted molar refractivity (Wildman–Crippen MR) is 85.9 cm³/mol. The highest BCUT2D eigenvalue weighted by atomic mass is 79.9. The Balaban J connectivity index is 2.49. The molecular formula is C16H14Br2O. The number of hydrogen-bond acceptors (Lipinski definition) is 1. The van der Waals surface area contributed by atoms with Crippen molar-refractivity contribution in [3.8, 4) is 0 Å². The Morgan fingerprint density at radius 1 is 0.842 bits per heavy atom. The van der Waals surface area contributed by atoms with E-state index in [0.717, 1.165) is 36.8 Å². The lowest BCUT2D eigenvalue weighted by Crippen LogP contribution is -2.05. The van der Waals surface area contributed by atoms with Crippen LogP contribution in [-0.4, -0.2) is 5.78 Å². The lowest BCUT2D eigenvalue weighted by Gasteiger charge is -2.09. The smallest absolute Gasteiger partial charge is 0.193 e. The minimum absolute atomic E-state index is 0.0729. The normalized spacial score (nSPS) is 10.6. The van der Waals surface area contributed by atoms with Crippen molar-refractivity contribution < 1.29 is 4.79 Å². The van der Waals surface area contributed by atoms with Crippen LogP contribution in [0.4, 0.5) is 0 Å². The van der Waals surface area contributed by atoms with Crippen LogP contribution in [0.5, 0.6) is 0 Å². The highest BCUT2D eigenvalue weighted by molar-refractivity contribution is 9.10. The maximum Gasteiger partial charge on any atom is 0.193 e. The van der Waals surface area contributed by atoms with E-state index in [2.05, 4.69) is 31.9 Å². The molecule has 0 saturated heterocycles. The minimum Gasteiger partial charge on any atom is -0.289 e. The zero-order valence-electron chi connectivity index (χ0n) is 11.1. The highest BCUT2D eigenvalue weighted by Gasteiger charge is 2.14. The Bertz CT molecular complexity index is 660. The van der Waals surface area contributed by atoms with Crippen molar-refractivity contribution in [2.75, 3.05) is 0 Å². The van der Waals surface area contributed by atoms with E-state index in [1.54, 1.807) is 0 Å². The summed E-state index contributed by atoms with van der Waals surface area (Å²) in [5.74, 6) is 0.0729. The topological polar surface area (TPSA) is 17.1 Å². The summed E-state index contributed by atoms with van der Waals surface area (Å²) in [5.41, 5.74) is 4.62. The van der Waals surface area contributed by atoms with E-state index in [4.69, 9.17) is 0 Å². The number of carbonyl (C=O) groups is 1. The Kier molecular flexibility index (Phi) is 4.26. The average molecular weight is 382 g/mol. The third-order valence-electron chi connectivity index (χ3n) is 3.17. The van der Waals surface area contributed by atoms with Crippen molar-refractivity contribution >= 4 is 37.6 Å². The number of carbonyl (C=O) groups excluding carboxylic acids is 1. The fourth-order valence-electron chi connectivity index (χ4n) is 1.97. The Labute approximate surface area is 130 Å². The molecule has 0 spiro atoms. The van der Waals surface area contributed by atoms with E-state index >= 15 is 0 Å². The molecule has 0 heterocycles. The van der Waals surface area contributed by atoms with Crippen LogP contribution in [0.1, 0.15) is 32.6 Å². The van der Waals surface area contributed by atoms with Crippen LogP contribution < -0.4 is 0 Å². The van der Waals surface area contributed by atoms with Crippen LogP contribution >= 0.6 is 31.9 Å². The van der Waals surface area contributed by atoms with Crippen molar-refractivity contribution in [3.63, 3.8) is 0 Å². The van der Waals surface area contributed by atoms with Crippen LogP contribution in [0.25, 0.3) is 0 Å². The molecule has 2 aromatic carbocycles. The van der Waals surface area contributed by atoms with Gasteiger partial charge in [-0.25, -0.2) is 0 Å². The van der Waals surface area contributed by atoms with Crippen molar-refractivity contribution in [3.05, 3.63) is 67.1 Å². The van der Waals surface area contributed by atoms with Gasteiger partial charge in [-0.05, 0) is 67.8 Å². The van der Waals surface area contributed by atoms with Crippen molar-refractivity contribution in [1.82, 2.24) is 0 Å². The van der Waals surface area contributed by atoms with Gasteiger partial charge in [-0.2, -0.15) is 0 Å². The summed E-state index contributed by atoms with van der Waals surface area (Å²) in [6, 6.07) is 9.64. The van der Waals surface area contributed by atoms with Gasteiger partial charge < -0.3 is 0 Å². The number of hydrogen-bond donors (Lipinski definition) is 0. The van der Waals surface area contributed by atoms with Crippen molar-refractivity contribution in [1.29, 1.82) is 0 Å². The van der Waals surface area contributed by atoms with Gasteiger partial charge in [0.15, 0.2) is 5.78 Å². The number of benzene rings is 2. The molecule has 98 valence electrons. The van der Waals surface area contributed by atoms with Gasteiger partial charge in [-0.15, -0.1) is 0 Å². The van der Waals surface area contributed by atoms with E-state index in [1.165, 1.54) is 0 Å². The maximum atomic E-state index is 12.6. The van der Waals surface area contributed by atoms with Gasteiger partial charge in [0.05, 0.1) is 0 Å². The van der Waals surface area contributed by atoms with Crippen LogP contribution in [0.15, 0.2) is 39.3 Å². The maximum absolute atomic E-state index is 12.6. The van der Waals surface area contributed by atoms with Gasteiger partial charge in [0.25, 0.3) is 0 Å². The Morgan fingerprint density at radius 3 is 2.11 bits per heavy atom. The first-order valence-electron chi connectivity index (χ1n) is 5.97. The molecule has 0 atom stereocenters. The number of ketones is 1. The van der Waals surface area contributed by atoms with E-state index in [1.807, 2.05) is 51.1 Å². The molecule has 0 N–H and O–H groups in total. The van der Waals surface area contributed by atoms with E-state index in [9.17, 15) is 4.79 Å². The van der Waals surface area contributed by atoms with Gasteiger partial charge in [0.1, 0.15) is 0 Å². The minimum atomic E-state index is 0.0729. The van der Waals surface area contributed by atoms with Crippen LogP contribution in [-0.2, 0) is 0 Å². The molecular weight excluding hydrogens is 368 g/mol. The van der Waals surface area contributed by atoms with E-state index < -0.39 is 0 Å². The molecule has 0 aliphatic heterocycles. The quantitative estimate of drug-likeness (QED) is 0.639.